The molecule has 0 fully saturated rings. The molecular weight excluding hydrogens is 384 g/mol. The van der Waals surface area contributed by atoms with Gasteiger partial charge < -0.3 is 10.1 Å². The minimum absolute atomic E-state index is 0.256. The fourth-order valence-electron chi connectivity index (χ4n) is 3.31. The Morgan fingerprint density at radius 1 is 0.900 bits per heavy atom. The van der Waals surface area contributed by atoms with Crippen molar-refractivity contribution < 1.29 is 23.9 Å². The standard InChI is InChI=1S/C23H24N2O5/c1-13(2)19(25-21(27)17-7-5-6-8-18(17)22(25)28)23(29)30-15(4)20(26)24-16-11-9-14(3)10-12-16/h5-13,15,19H,1-4H3,(H,24,26)/t15-,19-/m0/s1. The van der Waals surface area contributed by atoms with Crippen LogP contribution >= 0.6 is 0 Å². The van der Waals surface area contributed by atoms with E-state index in [-0.39, 0.29) is 11.1 Å². The molecule has 1 aliphatic heterocycles. The Morgan fingerprint density at radius 2 is 1.43 bits per heavy atom. The zero-order valence-corrected chi connectivity index (χ0v) is 17.3. The van der Waals surface area contributed by atoms with Crippen molar-refractivity contribution in [1.29, 1.82) is 0 Å². The molecular formula is C23H24N2O5. The van der Waals surface area contributed by atoms with Crippen molar-refractivity contribution in [2.75, 3.05) is 5.32 Å². The Bertz CT molecular complexity index is 962. The molecule has 0 saturated carbocycles. The maximum Gasteiger partial charge on any atom is 0.330 e. The van der Waals surface area contributed by atoms with E-state index in [2.05, 4.69) is 5.32 Å². The number of imide groups is 1. The quantitative estimate of drug-likeness (QED) is 0.585. The number of esters is 1. The van der Waals surface area contributed by atoms with Crippen LogP contribution in [0.5, 0.6) is 0 Å². The third-order valence-corrected chi connectivity index (χ3v) is 4.96. The number of anilines is 1. The molecule has 1 heterocycles. The Balaban J connectivity index is 1.73. The van der Waals surface area contributed by atoms with Crippen LogP contribution in [-0.4, -0.2) is 40.7 Å². The molecule has 1 N–H and O–H groups in total. The van der Waals surface area contributed by atoms with Crippen LogP contribution in [0.1, 0.15) is 47.1 Å². The van der Waals surface area contributed by atoms with Crippen molar-refractivity contribution in [2.24, 2.45) is 5.92 Å². The van der Waals surface area contributed by atoms with Gasteiger partial charge in [0.25, 0.3) is 17.7 Å². The van der Waals surface area contributed by atoms with E-state index < -0.39 is 41.8 Å². The summed E-state index contributed by atoms with van der Waals surface area (Å²) in [6.45, 7) is 6.81. The summed E-state index contributed by atoms with van der Waals surface area (Å²) < 4.78 is 5.34. The summed E-state index contributed by atoms with van der Waals surface area (Å²) in [6, 6.07) is 12.5. The maximum atomic E-state index is 12.9. The van der Waals surface area contributed by atoms with Crippen molar-refractivity contribution in [3.05, 3.63) is 65.2 Å². The lowest BCUT2D eigenvalue weighted by Crippen LogP contribution is -2.50. The lowest BCUT2D eigenvalue weighted by molar-refractivity contribution is -0.158. The first kappa shape index (κ1) is 21.2. The van der Waals surface area contributed by atoms with E-state index in [1.54, 1.807) is 50.2 Å². The van der Waals surface area contributed by atoms with E-state index in [0.717, 1.165) is 10.5 Å². The third kappa shape index (κ3) is 4.10. The van der Waals surface area contributed by atoms with Crippen molar-refractivity contribution >= 4 is 29.4 Å². The largest absolute Gasteiger partial charge is 0.451 e. The first-order valence-corrected chi connectivity index (χ1v) is 9.75. The van der Waals surface area contributed by atoms with Crippen LogP contribution in [0.3, 0.4) is 0 Å². The highest BCUT2D eigenvalue weighted by molar-refractivity contribution is 6.22. The van der Waals surface area contributed by atoms with Crippen molar-refractivity contribution in [1.82, 2.24) is 4.90 Å². The predicted octanol–water partition coefficient (Wildman–Crippen LogP) is 3.19. The predicted molar refractivity (Wildman–Crippen MR) is 111 cm³/mol. The zero-order valence-electron chi connectivity index (χ0n) is 17.3. The number of amides is 3. The van der Waals surface area contributed by atoms with Crippen LogP contribution in [0, 0.1) is 12.8 Å². The topological polar surface area (TPSA) is 92.8 Å². The minimum atomic E-state index is -1.13. The second-order valence-corrected chi connectivity index (χ2v) is 7.65. The molecule has 3 amide bonds. The molecule has 156 valence electrons. The number of benzene rings is 2. The number of nitrogens with one attached hydrogen (secondary N) is 1. The number of aryl methyl sites for hydroxylation is 1. The van der Waals surface area contributed by atoms with Crippen molar-refractivity contribution in [3.63, 3.8) is 0 Å². The molecule has 0 radical (unpaired) electrons. The monoisotopic (exact) mass is 408 g/mol. The van der Waals surface area contributed by atoms with Crippen LogP contribution in [0.2, 0.25) is 0 Å². The number of rotatable bonds is 6. The van der Waals surface area contributed by atoms with Gasteiger partial charge in [0, 0.05) is 5.69 Å². The minimum Gasteiger partial charge on any atom is -0.451 e. The van der Waals surface area contributed by atoms with Crippen LogP contribution < -0.4 is 5.32 Å². The van der Waals surface area contributed by atoms with Gasteiger partial charge in [-0.15, -0.1) is 0 Å². The van der Waals surface area contributed by atoms with E-state index >= 15 is 0 Å². The number of nitrogens with zero attached hydrogens (tertiary/aromatic N) is 1. The molecule has 2 aromatic carbocycles. The van der Waals surface area contributed by atoms with Gasteiger partial charge in [-0.25, -0.2) is 4.79 Å². The molecule has 1 aliphatic rings. The second kappa shape index (κ2) is 8.49. The van der Waals surface area contributed by atoms with Gasteiger partial charge in [0.15, 0.2) is 6.10 Å². The fourth-order valence-corrected chi connectivity index (χ4v) is 3.31. The molecule has 0 unspecified atom stereocenters. The molecule has 7 nitrogen and oxygen atoms in total. The van der Waals surface area contributed by atoms with E-state index in [9.17, 15) is 19.2 Å². The average molecular weight is 408 g/mol. The van der Waals surface area contributed by atoms with Crippen LogP contribution in [0.25, 0.3) is 0 Å². The average Bonchev–Trinajstić information content (AvgIpc) is 2.95. The first-order valence-electron chi connectivity index (χ1n) is 9.75. The van der Waals surface area contributed by atoms with Gasteiger partial charge in [0.1, 0.15) is 6.04 Å². The van der Waals surface area contributed by atoms with Crippen molar-refractivity contribution in [3.8, 4) is 0 Å². The molecule has 3 rings (SSSR count). The van der Waals surface area contributed by atoms with E-state index in [4.69, 9.17) is 4.74 Å². The smallest absolute Gasteiger partial charge is 0.330 e. The van der Waals surface area contributed by atoms with Crippen molar-refractivity contribution in [2.45, 2.75) is 39.8 Å². The number of fused-ring (bicyclic) bond motifs is 1. The fraction of sp³-hybridized carbons (Fsp3) is 0.304. The number of carbonyl (C=O) groups is 4. The highest BCUT2D eigenvalue weighted by Crippen LogP contribution is 2.28. The van der Waals surface area contributed by atoms with Gasteiger partial charge in [-0.05, 0) is 44.0 Å². The SMILES string of the molecule is Cc1ccc(NC(=O)[C@H](C)OC(=O)[C@H](C(C)C)N2C(=O)c3ccccc3C2=O)cc1. The van der Waals surface area contributed by atoms with Gasteiger partial charge in [0.05, 0.1) is 11.1 Å². The molecule has 0 aromatic heterocycles. The molecule has 30 heavy (non-hydrogen) atoms. The van der Waals surface area contributed by atoms with Gasteiger partial charge in [-0.3, -0.25) is 19.3 Å². The third-order valence-electron chi connectivity index (χ3n) is 4.96. The maximum absolute atomic E-state index is 12.9. The van der Waals surface area contributed by atoms with Gasteiger partial charge in [0.2, 0.25) is 0 Å². The van der Waals surface area contributed by atoms with Gasteiger partial charge in [-0.1, -0.05) is 43.7 Å². The normalized spacial score (nSPS) is 15.0. The van der Waals surface area contributed by atoms with Crippen LogP contribution in [-0.2, 0) is 14.3 Å². The highest BCUT2D eigenvalue weighted by atomic mass is 16.5. The first-order chi connectivity index (χ1) is 14.2. The number of hydrogen-bond donors (Lipinski definition) is 1. The summed E-state index contributed by atoms with van der Waals surface area (Å²) in [5.74, 6) is -2.78. The highest BCUT2D eigenvalue weighted by Gasteiger charge is 2.45. The summed E-state index contributed by atoms with van der Waals surface area (Å²) in [6.07, 6.45) is -1.10. The zero-order chi connectivity index (χ0) is 22.0. The lowest BCUT2D eigenvalue weighted by atomic mass is 10.0. The molecule has 0 bridgehead atoms. The number of hydrogen-bond acceptors (Lipinski definition) is 5. The summed E-state index contributed by atoms with van der Waals surface area (Å²) in [5, 5.41) is 2.68. The molecule has 2 aromatic rings. The van der Waals surface area contributed by atoms with Crippen LogP contribution in [0.4, 0.5) is 5.69 Å². The van der Waals surface area contributed by atoms with Gasteiger partial charge in [-0.2, -0.15) is 0 Å². The molecule has 0 spiro atoms. The Morgan fingerprint density at radius 3 is 1.93 bits per heavy atom. The number of ether oxygens (including phenoxy) is 1. The van der Waals surface area contributed by atoms with Crippen LogP contribution in [0.15, 0.2) is 48.5 Å². The molecule has 0 aliphatic carbocycles. The Hall–Kier alpha value is -3.48. The molecule has 0 saturated heterocycles. The summed E-state index contributed by atoms with van der Waals surface area (Å²) in [7, 11) is 0. The summed E-state index contributed by atoms with van der Waals surface area (Å²) in [5.41, 5.74) is 2.14. The van der Waals surface area contributed by atoms with E-state index in [1.807, 2.05) is 19.1 Å². The number of carbonyl (C=O) groups excluding carboxylic acids is 4. The molecule has 7 heteroatoms. The Kier molecular flexibility index (Phi) is 6.01. The van der Waals surface area contributed by atoms with Gasteiger partial charge >= 0.3 is 5.97 Å². The summed E-state index contributed by atoms with van der Waals surface area (Å²) in [4.78, 5) is 51.8. The van der Waals surface area contributed by atoms with E-state index in [0.29, 0.717) is 5.69 Å². The molecule has 2 atom stereocenters. The summed E-state index contributed by atoms with van der Waals surface area (Å²) >= 11 is 0. The second-order valence-electron chi connectivity index (χ2n) is 7.65. The Labute approximate surface area is 175 Å². The lowest BCUT2D eigenvalue weighted by Gasteiger charge is -2.28. The van der Waals surface area contributed by atoms with E-state index in [1.165, 1.54) is 6.92 Å².